The number of nitrogens with two attached hydrogens (primary N) is 2. The molecule has 0 heterocycles. The Kier molecular flexibility index (Phi) is 4.50. The lowest BCUT2D eigenvalue weighted by molar-refractivity contribution is -0.274. The Morgan fingerprint density at radius 1 is 1.19 bits per heavy atom. The zero-order valence-electron chi connectivity index (χ0n) is 11.8. The first-order valence-electron chi connectivity index (χ1n) is 5.94. The van der Waals surface area contributed by atoms with Gasteiger partial charge in [0.15, 0.2) is 5.96 Å². The van der Waals surface area contributed by atoms with E-state index in [1.54, 1.807) is 20.8 Å². The van der Waals surface area contributed by atoms with Gasteiger partial charge in [-0.25, -0.2) is 0 Å². The van der Waals surface area contributed by atoms with Gasteiger partial charge in [-0.15, -0.1) is 13.2 Å². The minimum atomic E-state index is -4.85. The number of aliphatic imine (C=N–C) groups is 1. The summed E-state index contributed by atoms with van der Waals surface area (Å²) in [6, 6.07) is 3.50. The van der Waals surface area contributed by atoms with Crippen LogP contribution in [0.15, 0.2) is 23.2 Å². The molecular weight excluding hydrogens is 287 g/mol. The molecule has 0 unspecified atom stereocenters. The fraction of sp³-hybridized carbons (Fsp3) is 0.385. The molecule has 1 aromatic rings. The summed E-state index contributed by atoms with van der Waals surface area (Å²) < 4.78 is 40.5. The molecule has 0 aliphatic carbocycles. The van der Waals surface area contributed by atoms with Crippen LogP contribution in [0.2, 0.25) is 0 Å². The van der Waals surface area contributed by atoms with Gasteiger partial charge in [-0.2, -0.15) is 4.99 Å². The molecule has 1 aromatic carbocycles. The summed E-state index contributed by atoms with van der Waals surface area (Å²) >= 11 is 0. The Morgan fingerprint density at radius 3 is 2.19 bits per heavy atom. The zero-order chi connectivity index (χ0) is 16.4. The van der Waals surface area contributed by atoms with E-state index in [0.717, 1.165) is 12.1 Å². The zero-order valence-corrected chi connectivity index (χ0v) is 11.8. The third-order valence-corrected chi connectivity index (χ3v) is 2.49. The van der Waals surface area contributed by atoms with Crippen LogP contribution < -0.4 is 16.2 Å². The standard InChI is InChI=1S/C13H16F3N3O2/c1-12(2,3)9-5-4-7(21-13(14,15)16)6-8(9)10(20)19-11(17)18/h4-6H,1-3H3,(H4,17,18,19,20). The van der Waals surface area contributed by atoms with Gasteiger partial charge in [-0.3, -0.25) is 4.79 Å². The second kappa shape index (κ2) is 5.63. The van der Waals surface area contributed by atoms with Crippen molar-refractivity contribution in [3.8, 4) is 5.75 Å². The molecule has 21 heavy (non-hydrogen) atoms. The van der Waals surface area contributed by atoms with Gasteiger partial charge in [-0.05, 0) is 23.1 Å². The number of rotatable bonds is 2. The van der Waals surface area contributed by atoms with Crippen molar-refractivity contribution in [2.24, 2.45) is 16.5 Å². The third-order valence-electron chi connectivity index (χ3n) is 2.49. The fourth-order valence-corrected chi connectivity index (χ4v) is 1.73. The van der Waals surface area contributed by atoms with Crippen LogP contribution in [0.4, 0.5) is 13.2 Å². The number of carbonyl (C=O) groups is 1. The second-order valence-corrected chi connectivity index (χ2v) is 5.35. The average molecular weight is 303 g/mol. The Morgan fingerprint density at radius 2 is 1.76 bits per heavy atom. The smallest absolute Gasteiger partial charge is 0.406 e. The molecule has 0 aromatic heterocycles. The van der Waals surface area contributed by atoms with Gasteiger partial charge in [0, 0.05) is 5.56 Å². The molecule has 0 saturated carbocycles. The van der Waals surface area contributed by atoms with Crippen LogP contribution in [0.5, 0.6) is 5.75 Å². The van der Waals surface area contributed by atoms with Crippen molar-refractivity contribution in [2.45, 2.75) is 32.5 Å². The van der Waals surface area contributed by atoms with Gasteiger partial charge < -0.3 is 16.2 Å². The first kappa shape index (κ1) is 16.8. The number of hydrogen-bond acceptors (Lipinski definition) is 2. The fourth-order valence-electron chi connectivity index (χ4n) is 1.73. The van der Waals surface area contributed by atoms with E-state index < -0.39 is 29.4 Å². The van der Waals surface area contributed by atoms with Crippen LogP contribution in [0.25, 0.3) is 0 Å². The third kappa shape index (κ3) is 4.97. The molecule has 1 rings (SSSR count). The van der Waals surface area contributed by atoms with Crippen LogP contribution in [0.3, 0.4) is 0 Å². The highest BCUT2D eigenvalue weighted by Gasteiger charge is 2.32. The van der Waals surface area contributed by atoms with E-state index in [1.165, 1.54) is 6.07 Å². The molecule has 0 aliphatic rings. The minimum absolute atomic E-state index is 0.0438. The van der Waals surface area contributed by atoms with Crippen LogP contribution in [-0.4, -0.2) is 18.2 Å². The van der Waals surface area contributed by atoms with Gasteiger partial charge in [0.2, 0.25) is 0 Å². The number of alkyl halides is 3. The molecule has 0 radical (unpaired) electrons. The Labute approximate surface area is 119 Å². The van der Waals surface area contributed by atoms with E-state index in [0.29, 0.717) is 5.56 Å². The van der Waals surface area contributed by atoms with E-state index >= 15 is 0 Å². The van der Waals surface area contributed by atoms with Gasteiger partial charge in [0.25, 0.3) is 5.91 Å². The van der Waals surface area contributed by atoms with Crippen molar-refractivity contribution >= 4 is 11.9 Å². The van der Waals surface area contributed by atoms with Crippen molar-refractivity contribution in [3.63, 3.8) is 0 Å². The molecule has 0 aliphatic heterocycles. The maximum absolute atomic E-state index is 12.2. The Bertz CT molecular complexity index is 571. The summed E-state index contributed by atoms with van der Waals surface area (Å²) in [5.41, 5.74) is 10.2. The highest BCUT2D eigenvalue weighted by molar-refractivity contribution is 6.03. The molecule has 0 spiro atoms. The van der Waals surface area contributed by atoms with Crippen LogP contribution in [0.1, 0.15) is 36.7 Å². The van der Waals surface area contributed by atoms with Crippen LogP contribution in [0, 0.1) is 0 Å². The number of ether oxygens (including phenoxy) is 1. The molecule has 8 heteroatoms. The van der Waals surface area contributed by atoms with Gasteiger partial charge >= 0.3 is 6.36 Å². The summed E-state index contributed by atoms with van der Waals surface area (Å²) in [4.78, 5) is 15.3. The lowest BCUT2D eigenvalue weighted by Crippen LogP contribution is -2.25. The molecule has 0 saturated heterocycles. The van der Waals surface area contributed by atoms with Gasteiger partial charge in [0.05, 0.1) is 0 Å². The predicted molar refractivity (Wildman–Crippen MR) is 72.0 cm³/mol. The summed E-state index contributed by atoms with van der Waals surface area (Å²) in [5, 5.41) is 0. The highest BCUT2D eigenvalue weighted by atomic mass is 19.4. The number of hydrogen-bond donors (Lipinski definition) is 2. The van der Waals surface area contributed by atoms with Crippen molar-refractivity contribution in [1.29, 1.82) is 0 Å². The molecule has 116 valence electrons. The maximum atomic E-state index is 12.2. The quantitative estimate of drug-likeness (QED) is 0.648. The van der Waals surface area contributed by atoms with Crippen LogP contribution >= 0.6 is 0 Å². The first-order chi connectivity index (χ1) is 9.40. The van der Waals surface area contributed by atoms with E-state index in [1.807, 2.05) is 0 Å². The highest BCUT2D eigenvalue weighted by Crippen LogP contribution is 2.31. The van der Waals surface area contributed by atoms with Crippen molar-refractivity contribution < 1.29 is 22.7 Å². The minimum Gasteiger partial charge on any atom is -0.406 e. The van der Waals surface area contributed by atoms with Gasteiger partial charge in [0.1, 0.15) is 5.75 Å². The average Bonchev–Trinajstić information content (AvgIpc) is 2.23. The summed E-state index contributed by atoms with van der Waals surface area (Å²) in [7, 11) is 0. The van der Waals surface area contributed by atoms with Gasteiger partial charge in [-0.1, -0.05) is 26.8 Å². The molecule has 1 amide bonds. The predicted octanol–water partition coefficient (Wildman–Crippen LogP) is 2.30. The van der Waals surface area contributed by atoms with Crippen LogP contribution in [-0.2, 0) is 5.41 Å². The molecule has 5 nitrogen and oxygen atoms in total. The number of nitrogens with zero attached hydrogens (tertiary/aromatic N) is 1. The number of amides is 1. The van der Waals surface area contributed by atoms with Crippen molar-refractivity contribution in [3.05, 3.63) is 29.3 Å². The normalized spacial score (nSPS) is 11.9. The monoisotopic (exact) mass is 303 g/mol. The maximum Gasteiger partial charge on any atom is 0.573 e. The Balaban J connectivity index is 3.37. The molecule has 0 fully saturated rings. The SMILES string of the molecule is CC(C)(C)c1ccc(OC(F)(F)F)cc1C(=O)N=C(N)N. The molecule has 0 atom stereocenters. The molecular formula is C13H16F3N3O2. The summed E-state index contributed by atoms with van der Waals surface area (Å²) in [5.74, 6) is -1.81. The first-order valence-corrected chi connectivity index (χ1v) is 5.94. The lowest BCUT2D eigenvalue weighted by Gasteiger charge is -2.22. The second-order valence-electron chi connectivity index (χ2n) is 5.35. The number of halogens is 3. The summed E-state index contributed by atoms with van der Waals surface area (Å²) in [6.07, 6.45) is -4.85. The molecule has 4 N–H and O–H groups in total. The lowest BCUT2D eigenvalue weighted by atomic mass is 9.83. The van der Waals surface area contributed by atoms with E-state index in [2.05, 4.69) is 9.73 Å². The summed E-state index contributed by atoms with van der Waals surface area (Å²) in [6.45, 7) is 5.41. The topological polar surface area (TPSA) is 90.7 Å². The largest absolute Gasteiger partial charge is 0.573 e. The van der Waals surface area contributed by atoms with Crippen molar-refractivity contribution in [1.82, 2.24) is 0 Å². The van der Waals surface area contributed by atoms with E-state index in [9.17, 15) is 18.0 Å². The van der Waals surface area contributed by atoms with E-state index in [4.69, 9.17) is 11.5 Å². The van der Waals surface area contributed by atoms with E-state index in [-0.39, 0.29) is 5.56 Å². The van der Waals surface area contributed by atoms with Crippen molar-refractivity contribution in [2.75, 3.05) is 0 Å². The molecule has 0 bridgehead atoms. The number of carbonyl (C=O) groups excluding carboxylic acids is 1. The Hall–Kier alpha value is -2.25. The number of benzene rings is 1. The number of guanidine groups is 1.